The number of nitrogen functional groups attached to an aromatic ring is 1. The molecule has 8 rings (SSSR count). The maximum absolute atomic E-state index is 14.8. The molecule has 0 aliphatic carbocycles. The van der Waals surface area contributed by atoms with Crippen molar-refractivity contribution in [1.29, 1.82) is 0 Å². The van der Waals surface area contributed by atoms with E-state index in [0.29, 0.717) is 38.5 Å². The van der Waals surface area contributed by atoms with Gasteiger partial charge in [0.25, 0.3) is 0 Å². The van der Waals surface area contributed by atoms with Gasteiger partial charge < -0.3 is 21.3 Å². The summed E-state index contributed by atoms with van der Waals surface area (Å²) in [5.41, 5.74) is 8.71. The van der Waals surface area contributed by atoms with E-state index in [9.17, 15) is 9.18 Å². The maximum atomic E-state index is 14.8. The molecule has 41 heavy (non-hydrogen) atoms. The van der Waals surface area contributed by atoms with Crippen molar-refractivity contribution in [2.24, 2.45) is 0 Å². The summed E-state index contributed by atoms with van der Waals surface area (Å²) in [5, 5.41) is 9.03. The van der Waals surface area contributed by atoms with Gasteiger partial charge in [0.2, 0.25) is 0 Å². The molecule has 214 valence electrons. The average molecular weight is 612 g/mol. The number of nitrogens with one attached hydrogen (secondary N) is 2. The number of hydrogen-bond acceptors (Lipinski definition) is 9. The molecule has 3 saturated heterocycles. The Morgan fingerprint density at radius 2 is 1.98 bits per heavy atom. The zero-order valence-electron chi connectivity index (χ0n) is 22.5. The van der Waals surface area contributed by atoms with E-state index in [-0.39, 0.29) is 17.5 Å². The van der Waals surface area contributed by atoms with Crippen molar-refractivity contribution < 1.29 is 4.39 Å². The first-order valence-corrected chi connectivity index (χ1v) is 16.6. The number of thioether (sulfide) groups is 1. The molecule has 4 atom stereocenters. The van der Waals surface area contributed by atoms with E-state index in [0.717, 1.165) is 95.2 Å². The molecule has 2 bridgehead atoms. The van der Waals surface area contributed by atoms with Crippen molar-refractivity contribution in [2.45, 2.75) is 67.6 Å². The number of piperazine rings is 1. The second-order valence-electron chi connectivity index (χ2n) is 11.7. The Labute approximate surface area is 249 Å². The molecule has 0 radical (unpaired) electrons. The SMILES string of the molecule is Nc1nc2c(-c3c(Cl)cc4c(N5CC6CCC(C5)N6)nc(=O)n5c4c3SC[C@@H]5CCC3CCCN3)ccc(F)c2s1. The standard InChI is InChI=1S/C29H31ClFN7OS2/c30-20-10-19-24-26(22(20)18-7-8-21(31)25-23(18)35-28(32)41-25)40-13-17(6-5-14-2-1-9-33-14)38(24)29(39)36-27(19)37-11-15-3-4-16(12-37)34-15/h7-8,10,14-17,33-34H,1-6,9,11-13H2,(H2,32,35)/t14?,15?,16?,17-/m0/s1. The number of nitrogens with two attached hydrogens (primary N) is 1. The van der Waals surface area contributed by atoms with E-state index in [1.165, 1.54) is 18.9 Å². The number of halogens is 2. The van der Waals surface area contributed by atoms with Crippen molar-refractivity contribution in [1.82, 2.24) is 25.2 Å². The highest BCUT2D eigenvalue weighted by Crippen LogP contribution is 2.50. The molecule has 0 saturated carbocycles. The van der Waals surface area contributed by atoms with Gasteiger partial charge in [0.1, 0.15) is 11.6 Å². The Balaban J connectivity index is 1.34. The van der Waals surface area contributed by atoms with Gasteiger partial charge in [-0.05, 0) is 63.3 Å². The number of anilines is 2. The number of nitrogens with zero attached hydrogens (tertiary/aromatic N) is 4. The monoisotopic (exact) mass is 611 g/mol. The molecule has 4 aliphatic heterocycles. The smallest absolute Gasteiger partial charge is 0.350 e. The first-order chi connectivity index (χ1) is 19.9. The molecule has 8 nitrogen and oxygen atoms in total. The summed E-state index contributed by atoms with van der Waals surface area (Å²) in [6, 6.07) is 6.48. The van der Waals surface area contributed by atoms with Crippen LogP contribution in [0.15, 0.2) is 27.9 Å². The van der Waals surface area contributed by atoms with Gasteiger partial charge in [0.05, 0.1) is 20.8 Å². The zero-order chi connectivity index (χ0) is 27.8. The van der Waals surface area contributed by atoms with Crippen LogP contribution in [0, 0.1) is 5.82 Å². The van der Waals surface area contributed by atoms with E-state index in [1.807, 2.05) is 10.6 Å². The normalized spacial score (nSPS) is 25.6. The van der Waals surface area contributed by atoms with Crippen LogP contribution in [0.25, 0.3) is 32.2 Å². The van der Waals surface area contributed by atoms with Crippen molar-refractivity contribution in [2.75, 3.05) is 36.0 Å². The average Bonchev–Trinajstić information content (AvgIpc) is 3.70. The van der Waals surface area contributed by atoms with Gasteiger partial charge in [-0.15, -0.1) is 11.8 Å². The molecule has 3 fully saturated rings. The summed E-state index contributed by atoms with van der Waals surface area (Å²) in [6.07, 6.45) is 6.58. The summed E-state index contributed by atoms with van der Waals surface area (Å²) < 4.78 is 17.1. The summed E-state index contributed by atoms with van der Waals surface area (Å²) in [7, 11) is 0. The quantitative estimate of drug-likeness (QED) is 0.284. The molecule has 4 N–H and O–H groups in total. The van der Waals surface area contributed by atoms with Gasteiger partial charge in [-0.1, -0.05) is 22.9 Å². The summed E-state index contributed by atoms with van der Waals surface area (Å²) in [5.74, 6) is 1.11. The fourth-order valence-corrected chi connectivity index (χ4v) is 9.83. The molecule has 12 heteroatoms. The number of thiazole rings is 1. The van der Waals surface area contributed by atoms with Gasteiger partial charge in [-0.25, -0.2) is 14.2 Å². The van der Waals surface area contributed by atoms with E-state index in [1.54, 1.807) is 17.8 Å². The third-order valence-electron chi connectivity index (χ3n) is 9.19. The first kappa shape index (κ1) is 26.2. The van der Waals surface area contributed by atoms with Crippen LogP contribution in [0.4, 0.5) is 15.3 Å². The largest absolute Gasteiger partial charge is 0.375 e. The van der Waals surface area contributed by atoms with Gasteiger partial charge in [-0.3, -0.25) is 4.57 Å². The lowest BCUT2D eigenvalue weighted by molar-refractivity contribution is 0.434. The van der Waals surface area contributed by atoms with Crippen LogP contribution in [0.2, 0.25) is 5.02 Å². The Bertz CT molecular complexity index is 1740. The van der Waals surface area contributed by atoms with Gasteiger partial charge >= 0.3 is 5.69 Å². The molecule has 2 aromatic carbocycles. The lowest BCUT2D eigenvalue weighted by Crippen LogP contribution is -2.52. The van der Waals surface area contributed by atoms with Gasteiger partial charge in [0, 0.05) is 64.4 Å². The number of rotatable bonds is 5. The van der Waals surface area contributed by atoms with Crippen LogP contribution in [-0.4, -0.2) is 58.0 Å². The molecule has 6 heterocycles. The van der Waals surface area contributed by atoms with Crippen LogP contribution in [0.3, 0.4) is 0 Å². The zero-order valence-corrected chi connectivity index (χ0v) is 24.8. The summed E-state index contributed by atoms with van der Waals surface area (Å²) in [4.78, 5) is 26.4. The maximum Gasteiger partial charge on any atom is 0.350 e. The lowest BCUT2D eigenvalue weighted by atomic mass is 10.00. The van der Waals surface area contributed by atoms with E-state index in [2.05, 4.69) is 20.5 Å². The molecule has 4 aliphatic rings. The van der Waals surface area contributed by atoms with Crippen LogP contribution >= 0.6 is 34.7 Å². The second kappa shape index (κ2) is 10.1. The number of aromatic nitrogens is 3. The van der Waals surface area contributed by atoms with Crippen LogP contribution in [-0.2, 0) is 0 Å². The van der Waals surface area contributed by atoms with Crippen LogP contribution in [0.1, 0.15) is 44.6 Å². The predicted molar refractivity (Wildman–Crippen MR) is 166 cm³/mol. The Morgan fingerprint density at radius 1 is 1.15 bits per heavy atom. The van der Waals surface area contributed by atoms with Crippen LogP contribution < -0.4 is 27.0 Å². The van der Waals surface area contributed by atoms with E-state index >= 15 is 0 Å². The van der Waals surface area contributed by atoms with Crippen molar-refractivity contribution in [3.63, 3.8) is 0 Å². The minimum atomic E-state index is -0.353. The molecular weight excluding hydrogens is 581 g/mol. The third-order valence-corrected chi connectivity index (χ3v) is 11.6. The Morgan fingerprint density at radius 3 is 2.76 bits per heavy atom. The van der Waals surface area contributed by atoms with Crippen molar-refractivity contribution in [3.8, 4) is 11.1 Å². The molecule has 2 aromatic heterocycles. The Hall–Kier alpha value is -2.44. The second-order valence-corrected chi connectivity index (χ2v) is 14.2. The Kier molecular flexibility index (Phi) is 6.45. The molecular formula is C29H31ClFN7OS2. The molecule has 0 spiro atoms. The topological polar surface area (TPSA) is 101 Å². The third kappa shape index (κ3) is 4.34. The van der Waals surface area contributed by atoms with Gasteiger partial charge in [0.15, 0.2) is 5.13 Å². The lowest BCUT2D eigenvalue weighted by Gasteiger charge is -2.36. The highest BCUT2D eigenvalue weighted by Gasteiger charge is 2.36. The highest BCUT2D eigenvalue weighted by atomic mass is 35.5. The van der Waals surface area contributed by atoms with Crippen molar-refractivity contribution >= 4 is 66.8 Å². The van der Waals surface area contributed by atoms with Crippen molar-refractivity contribution in [3.05, 3.63) is 39.5 Å². The highest BCUT2D eigenvalue weighted by molar-refractivity contribution is 7.99. The van der Waals surface area contributed by atoms with Crippen LogP contribution in [0.5, 0.6) is 0 Å². The van der Waals surface area contributed by atoms with E-state index < -0.39 is 0 Å². The minimum Gasteiger partial charge on any atom is -0.375 e. The minimum absolute atomic E-state index is 0.0304. The van der Waals surface area contributed by atoms with E-state index in [4.69, 9.17) is 22.3 Å². The number of benzene rings is 2. The molecule has 3 unspecified atom stereocenters. The fourth-order valence-electron chi connectivity index (χ4n) is 7.32. The summed E-state index contributed by atoms with van der Waals surface area (Å²) >= 11 is 10.00. The predicted octanol–water partition coefficient (Wildman–Crippen LogP) is 5.17. The number of fused-ring (bicyclic) bond motifs is 3. The molecule has 4 aromatic rings. The first-order valence-electron chi connectivity index (χ1n) is 14.5. The molecule has 0 amide bonds. The summed E-state index contributed by atoms with van der Waals surface area (Å²) in [6.45, 7) is 2.70. The fraction of sp³-hybridized carbons (Fsp3) is 0.483. The number of hydrogen-bond donors (Lipinski definition) is 3. The van der Waals surface area contributed by atoms with Gasteiger partial charge in [-0.2, -0.15) is 4.98 Å².